The maximum atomic E-state index is 13.3. The Balaban J connectivity index is 1.63. The summed E-state index contributed by atoms with van der Waals surface area (Å²) in [5.41, 5.74) is 6.05. The summed E-state index contributed by atoms with van der Waals surface area (Å²) in [5.74, 6) is -0.0982. The third kappa shape index (κ3) is 3.60. The third-order valence-corrected chi connectivity index (χ3v) is 3.92. The van der Waals surface area contributed by atoms with Crippen molar-refractivity contribution >= 4 is 5.91 Å². The lowest BCUT2D eigenvalue weighted by molar-refractivity contribution is -0.132. The van der Waals surface area contributed by atoms with Gasteiger partial charge < -0.3 is 20.3 Å². The first-order valence-electron chi connectivity index (χ1n) is 7.82. The van der Waals surface area contributed by atoms with Crippen molar-refractivity contribution in [1.82, 2.24) is 15.5 Å². The molecule has 8 heteroatoms. The number of hydrogen-bond acceptors (Lipinski definition) is 6. The zero-order valence-electron chi connectivity index (χ0n) is 13.2. The highest BCUT2D eigenvalue weighted by Gasteiger charge is 2.31. The van der Waals surface area contributed by atoms with E-state index in [-0.39, 0.29) is 29.5 Å². The second kappa shape index (κ2) is 7.06. The zero-order valence-corrected chi connectivity index (χ0v) is 13.2. The first-order valence-corrected chi connectivity index (χ1v) is 7.82. The van der Waals surface area contributed by atoms with Gasteiger partial charge in [-0.3, -0.25) is 4.79 Å². The van der Waals surface area contributed by atoms with E-state index < -0.39 is 12.1 Å². The molecule has 1 unspecified atom stereocenters. The molecule has 1 aliphatic heterocycles. The lowest BCUT2D eigenvalue weighted by atomic mass is 10.2. The average Bonchev–Trinajstić information content (AvgIpc) is 3.24. The molecule has 0 bridgehead atoms. The molecule has 1 amide bonds. The average molecular weight is 334 g/mol. The van der Waals surface area contributed by atoms with Gasteiger partial charge in [-0.25, -0.2) is 4.39 Å². The monoisotopic (exact) mass is 334 g/mol. The standard InChI is InChI=1S/C16H19FN4O3/c1-9(19-15(22)13-6-5-12(8-18)23-13)16-20-14(21-24-16)10-3-2-4-11(17)7-10/h2-4,7,9,12-13H,5-6,8,18H2,1H3,(H,19,22)/t9?,12-,13+/m1/s1. The van der Waals surface area contributed by atoms with Gasteiger partial charge in [-0.2, -0.15) is 4.98 Å². The van der Waals surface area contributed by atoms with E-state index in [1.165, 1.54) is 12.1 Å². The van der Waals surface area contributed by atoms with Gasteiger partial charge in [-0.1, -0.05) is 17.3 Å². The number of benzene rings is 1. The van der Waals surface area contributed by atoms with Crippen LogP contribution in [0.2, 0.25) is 0 Å². The molecule has 3 rings (SSSR count). The predicted octanol–water partition coefficient (Wildman–Crippen LogP) is 1.56. The maximum Gasteiger partial charge on any atom is 0.249 e. The fraction of sp³-hybridized carbons (Fsp3) is 0.438. The van der Waals surface area contributed by atoms with Crippen LogP contribution in [0, 0.1) is 5.82 Å². The topological polar surface area (TPSA) is 103 Å². The van der Waals surface area contributed by atoms with Crippen molar-refractivity contribution in [3.63, 3.8) is 0 Å². The van der Waals surface area contributed by atoms with Gasteiger partial charge >= 0.3 is 0 Å². The Morgan fingerprint density at radius 2 is 2.33 bits per heavy atom. The van der Waals surface area contributed by atoms with Crippen LogP contribution in [0.5, 0.6) is 0 Å². The van der Waals surface area contributed by atoms with Crippen molar-refractivity contribution in [3.05, 3.63) is 36.0 Å². The Hall–Kier alpha value is -2.32. The van der Waals surface area contributed by atoms with Crippen molar-refractivity contribution in [2.45, 2.75) is 38.0 Å². The minimum absolute atomic E-state index is 0.0703. The van der Waals surface area contributed by atoms with Crippen LogP contribution in [0.25, 0.3) is 11.4 Å². The number of nitrogens with two attached hydrogens (primary N) is 1. The van der Waals surface area contributed by atoms with Crippen molar-refractivity contribution in [2.24, 2.45) is 5.73 Å². The summed E-state index contributed by atoms with van der Waals surface area (Å²) < 4.78 is 24.0. The number of hydrogen-bond donors (Lipinski definition) is 2. The third-order valence-electron chi connectivity index (χ3n) is 3.92. The summed E-state index contributed by atoms with van der Waals surface area (Å²) in [7, 11) is 0. The molecule has 128 valence electrons. The highest BCUT2D eigenvalue weighted by Crippen LogP contribution is 2.22. The van der Waals surface area contributed by atoms with Crippen LogP contribution in [0.1, 0.15) is 31.7 Å². The van der Waals surface area contributed by atoms with Crippen LogP contribution in [-0.4, -0.2) is 34.8 Å². The fourth-order valence-electron chi connectivity index (χ4n) is 2.60. The summed E-state index contributed by atoms with van der Waals surface area (Å²) in [6.07, 6.45) is 0.831. The molecule has 1 aliphatic rings. The molecule has 1 aromatic carbocycles. The van der Waals surface area contributed by atoms with E-state index in [1.807, 2.05) is 0 Å². The number of amides is 1. The quantitative estimate of drug-likeness (QED) is 0.860. The lowest BCUT2D eigenvalue weighted by Crippen LogP contribution is -2.37. The number of nitrogens with zero attached hydrogens (tertiary/aromatic N) is 2. The van der Waals surface area contributed by atoms with Crippen LogP contribution in [0.15, 0.2) is 28.8 Å². The largest absolute Gasteiger partial charge is 0.364 e. The first-order chi connectivity index (χ1) is 11.6. The van der Waals surface area contributed by atoms with Gasteiger partial charge in [0.1, 0.15) is 18.0 Å². The van der Waals surface area contributed by atoms with Gasteiger partial charge in [-0.05, 0) is 31.9 Å². The Morgan fingerprint density at radius 3 is 3.04 bits per heavy atom. The summed E-state index contributed by atoms with van der Waals surface area (Å²) in [5, 5.41) is 6.61. The van der Waals surface area contributed by atoms with E-state index in [0.29, 0.717) is 18.5 Å². The fourth-order valence-corrected chi connectivity index (χ4v) is 2.60. The summed E-state index contributed by atoms with van der Waals surface area (Å²) in [6.45, 7) is 2.14. The van der Waals surface area contributed by atoms with E-state index >= 15 is 0 Å². The molecule has 2 heterocycles. The molecule has 0 spiro atoms. The van der Waals surface area contributed by atoms with Gasteiger partial charge in [0.15, 0.2) is 0 Å². The highest BCUT2D eigenvalue weighted by atomic mass is 19.1. The summed E-state index contributed by atoms with van der Waals surface area (Å²) in [4.78, 5) is 16.4. The Labute approximate surface area is 138 Å². The first kappa shape index (κ1) is 16.5. The molecule has 0 saturated carbocycles. The number of rotatable bonds is 5. The van der Waals surface area contributed by atoms with E-state index in [2.05, 4.69) is 15.5 Å². The zero-order chi connectivity index (χ0) is 17.1. The minimum atomic E-state index is -0.508. The second-order valence-electron chi connectivity index (χ2n) is 5.76. The summed E-state index contributed by atoms with van der Waals surface area (Å²) in [6, 6.07) is 5.42. The van der Waals surface area contributed by atoms with Crippen LogP contribution in [0.4, 0.5) is 4.39 Å². The number of carbonyl (C=O) groups excluding carboxylic acids is 1. The smallest absolute Gasteiger partial charge is 0.249 e. The van der Waals surface area contributed by atoms with Gasteiger partial charge in [0.05, 0.1) is 6.10 Å². The van der Waals surface area contributed by atoms with E-state index in [0.717, 1.165) is 6.42 Å². The second-order valence-corrected chi connectivity index (χ2v) is 5.76. The van der Waals surface area contributed by atoms with Crippen molar-refractivity contribution in [1.29, 1.82) is 0 Å². The molecule has 1 saturated heterocycles. The molecule has 1 aromatic heterocycles. The number of halogens is 1. The van der Waals surface area contributed by atoms with E-state index in [1.54, 1.807) is 19.1 Å². The normalized spacial score (nSPS) is 21.6. The molecule has 24 heavy (non-hydrogen) atoms. The Morgan fingerprint density at radius 1 is 1.50 bits per heavy atom. The maximum absolute atomic E-state index is 13.3. The molecule has 7 nitrogen and oxygen atoms in total. The Bertz CT molecular complexity index is 721. The molecule has 3 atom stereocenters. The number of carbonyl (C=O) groups is 1. The van der Waals surface area contributed by atoms with Crippen molar-refractivity contribution in [2.75, 3.05) is 6.54 Å². The van der Waals surface area contributed by atoms with E-state index in [4.69, 9.17) is 15.0 Å². The summed E-state index contributed by atoms with van der Waals surface area (Å²) >= 11 is 0. The predicted molar refractivity (Wildman–Crippen MR) is 83.2 cm³/mol. The van der Waals surface area contributed by atoms with Crippen LogP contribution in [-0.2, 0) is 9.53 Å². The minimum Gasteiger partial charge on any atom is -0.364 e. The molecule has 0 radical (unpaired) electrons. The van der Waals surface area contributed by atoms with Gasteiger partial charge in [0.25, 0.3) is 0 Å². The highest BCUT2D eigenvalue weighted by molar-refractivity contribution is 5.81. The van der Waals surface area contributed by atoms with E-state index in [9.17, 15) is 9.18 Å². The number of nitrogens with one attached hydrogen (secondary N) is 1. The molecule has 0 aliphatic carbocycles. The SMILES string of the molecule is CC(NC(=O)[C@@H]1CC[C@H](CN)O1)c1nc(-c2cccc(F)c2)no1. The molecule has 2 aromatic rings. The van der Waals surface area contributed by atoms with Crippen molar-refractivity contribution in [3.8, 4) is 11.4 Å². The van der Waals surface area contributed by atoms with Gasteiger partial charge in [-0.15, -0.1) is 0 Å². The van der Waals surface area contributed by atoms with Crippen molar-refractivity contribution < 1.29 is 18.4 Å². The molecule has 3 N–H and O–H groups in total. The molecular formula is C16H19FN4O3. The Kier molecular flexibility index (Phi) is 4.86. The van der Waals surface area contributed by atoms with Crippen LogP contribution < -0.4 is 11.1 Å². The molecule has 1 fully saturated rings. The molecular weight excluding hydrogens is 315 g/mol. The number of aromatic nitrogens is 2. The number of ether oxygens (including phenoxy) is 1. The van der Waals surface area contributed by atoms with Crippen LogP contribution >= 0.6 is 0 Å². The van der Waals surface area contributed by atoms with Gasteiger partial charge in [0, 0.05) is 12.1 Å². The van der Waals surface area contributed by atoms with Crippen LogP contribution in [0.3, 0.4) is 0 Å². The lowest BCUT2D eigenvalue weighted by Gasteiger charge is -2.15. The van der Waals surface area contributed by atoms with Gasteiger partial charge in [0.2, 0.25) is 17.6 Å².